The molecule has 0 fully saturated rings. The van der Waals surface area contributed by atoms with Crippen molar-refractivity contribution in [3.05, 3.63) is 23.2 Å². The number of hydrogen-bond donors (Lipinski definition) is 1. The van der Waals surface area contributed by atoms with Gasteiger partial charge in [-0.05, 0) is 18.2 Å². The van der Waals surface area contributed by atoms with Crippen LogP contribution >= 0.6 is 11.3 Å². The lowest BCUT2D eigenvalue weighted by molar-refractivity contribution is 0.199. The molecule has 7 heteroatoms. The molecule has 0 aliphatic carbocycles. The zero-order valence-electron chi connectivity index (χ0n) is 12.4. The summed E-state index contributed by atoms with van der Waals surface area (Å²) in [6.07, 6.45) is 0. The molecule has 1 aromatic carbocycles. The van der Waals surface area contributed by atoms with Gasteiger partial charge in [-0.1, -0.05) is 11.3 Å². The van der Waals surface area contributed by atoms with Gasteiger partial charge in [0.1, 0.15) is 16.5 Å². The fourth-order valence-electron chi connectivity index (χ4n) is 1.78. The molecule has 0 amide bonds. The van der Waals surface area contributed by atoms with E-state index in [0.29, 0.717) is 13.2 Å². The van der Waals surface area contributed by atoms with Crippen molar-refractivity contribution in [3.8, 4) is 22.1 Å². The SMILES string of the molecule is COCCNCc1nnc(-c2cc(OC)ccc2OC)s1. The van der Waals surface area contributed by atoms with Crippen molar-refractivity contribution in [2.45, 2.75) is 6.54 Å². The Bertz CT molecular complexity index is 574. The minimum absolute atomic E-state index is 0.674. The first kappa shape index (κ1) is 15.7. The van der Waals surface area contributed by atoms with Crippen LogP contribution in [0.15, 0.2) is 18.2 Å². The van der Waals surface area contributed by atoms with E-state index in [0.717, 1.165) is 33.6 Å². The van der Waals surface area contributed by atoms with Gasteiger partial charge in [-0.15, -0.1) is 10.2 Å². The third-order valence-corrected chi connectivity index (χ3v) is 3.82. The number of hydrogen-bond acceptors (Lipinski definition) is 7. The second-order valence-corrected chi connectivity index (χ2v) is 5.30. The molecule has 0 saturated carbocycles. The summed E-state index contributed by atoms with van der Waals surface area (Å²) in [7, 11) is 4.95. The summed E-state index contributed by atoms with van der Waals surface area (Å²) < 4.78 is 15.6. The van der Waals surface area contributed by atoms with Gasteiger partial charge >= 0.3 is 0 Å². The topological polar surface area (TPSA) is 65.5 Å². The molecule has 0 aliphatic rings. The molecule has 21 heavy (non-hydrogen) atoms. The zero-order chi connectivity index (χ0) is 15.1. The molecular weight excluding hydrogens is 290 g/mol. The van der Waals surface area contributed by atoms with E-state index < -0.39 is 0 Å². The average molecular weight is 309 g/mol. The molecule has 2 aromatic rings. The van der Waals surface area contributed by atoms with Gasteiger partial charge in [0.25, 0.3) is 0 Å². The van der Waals surface area contributed by atoms with Gasteiger partial charge in [0.05, 0.1) is 26.4 Å². The summed E-state index contributed by atoms with van der Waals surface area (Å²) in [6, 6.07) is 5.63. The third-order valence-electron chi connectivity index (χ3n) is 2.86. The Balaban J connectivity index is 2.13. The molecule has 2 rings (SSSR count). The fraction of sp³-hybridized carbons (Fsp3) is 0.429. The highest BCUT2D eigenvalue weighted by atomic mass is 32.1. The predicted octanol–water partition coefficient (Wildman–Crippen LogP) is 1.96. The Morgan fingerprint density at radius 2 is 2.00 bits per heavy atom. The van der Waals surface area contributed by atoms with Crippen LogP contribution < -0.4 is 14.8 Å². The van der Waals surface area contributed by atoms with E-state index >= 15 is 0 Å². The first-order chi connectivity index (χ1) is 10.3. The van der Waals surface area contributed by atoms with Crippen LogP contribution in [0.25, 0.3) is 10.6 Å². The minimum Gasteiger partial charge on any atom is -0.497 e. The Morgan fingerprint density at radius 1 is 1.14 bits per heavy atom. The lowest BCUT2D eigenvalue weighted by Gasteiger charge is -2.07. The quantitative estimate of drug-likeness (QED) is 0.752. The Labute approximate surface area is 128 Å². The van der Waals surface area contributed by atoms with E-state index in [1.54, 1.807) is 21.3 Å². The maximum Gasteiger partial charge on any atom is 0.151 e. The molecule has 1 heterocycles. The van der Waals surface area contributed by atoms with E-state index in [9.17, 15) is 0 Å². The van der Waals surface area contributed by atoms with Crippen LogP contribution in [-0.2, 0) is 11.3 Å². The standard InChI is InChI=1S/C14H19N3O3S/c1-18-7-6-15-9-13-16-17-14(21-13)11-8-10(19-2)4-5-12(11)20-3/h4-5,8,15H,6-7,9H2,1-3H3. The molecular formula is C14H19N3O3S. The Morgan fingerprint density at radius 3 is 2.71 bits per heavy atom. The van der Waals surface area contributed by atoms with Crippen molar-refractivity contribution in [1.29, 1.82) is 0 Å². The number of nitrogens with zero attached hydrogens (tertiary/aromatic N) is 2. The highest BCUT2D eigenvalue weighted by molar-refractivity contribution is 7.14. The third kappa shape index (κ3) is 4.13. The first-order valence-electron chi connectivity index (χ1n) is 6.53. The predicted molar refractivity (Wildman–Crippen MR) is 82.0 cm³/mol. The van der Waals surface area contributed by atoms with Gasteiger partial charge in [0.2, 0.25) is 0 Å². The van der Waals surface area contributed by atoms with Crippen molar-refractivity contribution < 1.29 is 14.2 Å². The lowest BCUT2D eigenvalue weighted by Crippen LogP contribution is -2.18. The van der Waals surface area contributed by atoms with Crippen LogP contribution in [0.5, 0.6) is 11.5 Å². The van der Waals surface area contributed by atoms with Crippen LogP contribution in [0.4, 0.5) is 0 Å². The maximum absolute atomic E-state index is 5.37. The summed E-state index contributed by atoms with van der Waals surface area (Å²) in [4.78, 5) is 0. The summed E-state index contributed by atoms with van der Waals surface area (Å²) in [6.45, 7) is 2.14. The van der Waals surface area contributed by atoms with E-state index in [4.69, 9.17) is 14.2 Å². The van der Waals surface area contributed by atoms with Gasteiger partial charge in [-0.2, -0.15) is 0 Å². The number of rotatable bonds is 8. The van der Waals surface area contributed by atoms with Gasteiger partial charge < -0.3 is 19.5 Å². The van der Waals surface area contributed by atoms with Crippen LogP contribution in [-0.4, -0.2) is 44.7 Å². The average Bonchev–Trinajstić information content (AvgIpc) is 2.99. The molecule has 114 valence electrons. The van der Waals surface area contributed by atoms with E-state index in [1.165, 1.54) is 11.3 Å². The van der Waals surface area contributed by atoms with Crippen LogP contribution in [0.1, 0.15) is 5.01 Å². The van der Waals surface area contributed by atoms with Crippen LogP contribution in [0, 0.1) is 0 Å². The normalized spacial score (nSPS) is 10.6. The molecule has 0 radical (unpaired) electrons. The monoisotopic (exact) mass is 309 g/mol. The van der Waals surface area contributed by atoms with Crippen LogP contribution in [0.2, 0.25) is 0 Å². The van der Waals surface area contributed by atoms with Crippen molar-refractivity contribution in [2.75, 3.05) is 34.5 Å². The summed E-state index contributed by atoms with van der Waals surface area (Å²) in [5, 5.41) is 13.4. The Kier molecular flexibility index (Phi) is 5.91. The second-order valence-electron chi connectivity index (χ2n) is 4.24. The molecule has 0 unspecified atom stereocenters. The minimum atomic E-state index is 0.674. The number of benzene rings is 1. The highest BCUT2D eigenvalue weighted by Crippen LogP contribution is 2.34. The maximum atomic E-state index is 5.37. The number of aromatic nitrogens is 2. The number of nitrogens with one attached hydrogen (secondary N) is 1. The summed E-state index contributed by atoms with van der Waals surface area (Å²) in [5.41, 5.74) is 0.887. The smallest absolute Gasteiger partial charge is 0.151 e. The second kappa shape index (κ2) is 7.92. The molecule has 0 atom stereocenters. The number of ether oxygens (including phenoxy) is 3. The van der Waals surface area contributed by atoms with Crippen molar-refractivity contribution in [2.24, 2.45) is 0 Å². The zero-order valence-corrected chi connectivity index (χ0v) is 13.2. The molecule has 6 nitrogen and oxygen atoms in total. The first-order valence-corrected chi connectivity index (χ1v) is 7.34. The lowest BCUT2D eigenvalue weighted by atomic mass is 10.2. The molecule has 1 aromatic heterocycles. The van der Waals surface area contributed by atoms with Gasteiger partial charge in [-0.25, -0.2) is 0 Å². The highest BCUT2D eigenvalue weighted by Gasteiger charge is 2.13. The summed E-state index contributed by atoms with van der Waals surface area (Å²) in [5.74, 6) is 1.52. The van der Waals surface area contributed by atoms with E-state index in [1.807, 2.05) is 18.2 Å². The van der Waals surface area contributed by atoms with Crippen molar-refractivity contribution in [3.63, 3.8) is 0 Å². The molecule has 1 N–H and O–H groups in total. The van der Waals surface area contributed by atoms with Crippen LogP contribution in [0.3, 0.4) is 0 Å². The van der Waals surface area contributed by atoms with Crippen molar-refractivity contribution in [1.82, 2.24) is 15.5 Å². The van der Waals surface area contributed by atoms with Gasteiger partial charge in [0.15, 0.2) is 5.01 Å². The fourth-order valence-corrected chi connectivity index (χ4v) is 2.61. The van der Waals surface area contributed by atoms with Gasteiger partial charge in [0, 0.05) is 20.2 Å². The molecule has 0 saturated heterocycles. The molecule has 0 spiro atoms. The molecule has 0 bridgehead atoms. The summed E-state index contributed by atoms with van der Waals surface area (Å²) >= 11 is 1.53. The molecule has 0 aliphatic heterocycles. The van der Waals surface area contributed by atoms with E-state index in [2.05, 4.69) is 15.5 Å². The van der Waals surface area contributed by atoms with Crippen molar-refractivity contribution >= 4 is 11.3 Å². The number of methoxy groups -OCH3 is 3. The van der Waals surface area contributed by atoms with E-state index in [-0.39, 0.29) is 0 Å². The Hall–Kier alpha value is -1.70. The largest absolute Gasteiger partial charge is 0.497 e. The van der Waals surface area contributed by atoms with Gasteiger partial charge in [-0.3, -0.25) is 0 Å².